The number of rotatable bonds is 3. The van der Waals surface area contributed by atoms with Crippen LogP contribution in [0.1, 0.15) is 12.8 Å². The standard InChI is InChI=1S/C17H18FN3O4/c1-25-10-8-14-16(23)21(17(24)20(14)9-10)13-6-7-19(15(13)22)12-5-3-2-4-11(12)18/h2-5,10,13-14H,6-9H2,1H3/t10-,13+,14+/m1/s1. The first-order valence-corrected chi connectivity index (χ1v) is 8.25. The number of nitrogens with zero attached hydrogens (tertiary/aromatic N) is 3. The zero-order valence-electron chi connectivity index (χ0n) is 13.7. The molecule has 7 nitrogen and oxygen atoms in total. The maximum atomic E-state index is 14.0. The van der Waals surface area contributed by atoms with E-state index in [1.54, 1.807) is 19.2 Å². The van der Waals surface area contributed by atoms with Gasteiger partial charge in [-0.25, -0.2) is 14.1 Å². The van der Waals surface area contributed by atoms with Crippen molar-refractivity contribution in [3.63, 3.8) is 0 Å². The van der Waals surface area contributed by atoms with E-state index >= 15 is 0 Å². The summed E-state index contributed by atoms with van der Waals surface area (Å²) in [5.41, 5.74) is 0.175. The van der Waals surface area contributed by atoms with Crippen LogP contribution in [0.3, 0.4) is 0 Å². The van der Waals surface area contributed by atoms with Crippen LogP contribution >= 0.6 is 0 Å². The molecule has 3 aliphatic rings. The van der Waals surface area contributed by atoms with Crippen molar-refractivity contribution in [1.29, 1.82) is 0 Å². The van der Waals surface area contributed by atoms with Crippen molar-refractivity contribution in [2.75, 3.05) is 25.1 Å². The topological polar surface area (TPSA) is 70.2 Å². The first-order valence-electron chi connectivity index (χ1n) is 8.25. The van der Waals surface area contributed by atoms with E-state index < -0.39 is 29.8 Å². The molecule has 4 amide bonds. The molecule has 25 heavy (non-hydrogen) atoms. The third-order valence-electron chi connectivity index (χ3n) is 5.20. The summed E-state index contributed by atoms with van der Waals surface area (Å²) in [7, 11) is 1.55. The van der Waals surface area contributed by atoms with Crippen LogP contribution in [0.4, 0.5) is 14.9 Å². The maximum Gasteiger partial charge on any atom is 0.328 e. The van der Waals surface area contributed by atoms with E-state index in [0.717, 1.165) is 4.90 Å². The summed E-state index contributed by atoms with van der Waals surface area (Å²) in [5, 5.41) is 0. The Morgan fingerprint density at radius 3 is 2.56 bits per heavy atom. The average Bonchev–Trinajstić information content (AvgIpc) is 3.25. The lowest BCUT2D eigenvalue weighted by Gasteiger charge is -2.23. The largest absolute Gasteiger partial charge is 0.380 e. The second-order valence-corrected chi connectivity index (χ2v) is 6.50. The van der Waals surface area contributed by atoms with E-state index in [2.05, 4.69) is 0 Å². The predicted octanol–water partition coefficient (Wildman–Crippen LogP) is 0.982. The predicted molar refractivity (Wildman–Crippen MR) is 85.3 cm³/mol. The highest BCUT2D eigenvalue weighted by atomic mass is 19.1. The Balaban J connectivity index is 1.56. The molecule has 3 fully saturated rings. The minimum absolute atomic E-state index is 0.158. The number of hydrogen-bond acceptors (Lipinski definition) is 4. The Kier molecular flexibility index (Phi) is 3.72. The number of amides is 4. The van der Waals surface area contributed by atoms with Crippen LogP contribution in [0.5, 0.6) is 0 Å². The van der Waals surface area contributed by atoms with Crippen LogP contribution in [0.15, 0.2) is 24.3 Å². The van der Waals surface area contributed by atoms with Crippen LogP contribution in [0.25, 0.3) is 0 Å². The molecule has 0 radical (unpaired) electrons. The summed E-state index contributed by atoms with van der Waals surface area (Å²) >= 11 is 0. The summed E-state index contributed by atoms with van der Waals surface area (Å²) in [6.07, 6.45) is 0.586. The minimum Gasteiger partial charge on any atom is -0.380 e. The van der Waals surface area contributed by atoms with Gasteiger partial charge in [-0.15, -0.1) is 0 Å². The molecule has 0 aliphatic carbocycles. The minimum atomic E-state index is -0.869. The molecule has 132 valence electrons. The average molecular weight is 347 g/mol. The smallest absolute Gasteiger partial charge is 0.328 e. The zero-order chi connectivity index (χ0) is 17.7. The Hall–Kier alpha value is -2.48. The zero-order valence-corrected chi connectivity index (χ0v) is 13.7. The number of methoxy groups -OCH3 is 1. The van der Waals surface area contributed by atoms with Crippen LogP contribution in [-0.4, -0.2) is 66.0 Å². The monoisotopic (exact) mass is 347 g/mol. The van der Waals surface area contributed by atoms with Gasteiger partial charge < -0.3 is 14.5 Å². The third-order valence-corrected chi connectivity index (χ3v) is 5.20. The molecule has 3 atom stereocenters. The van der Waals surface area contributed by atoms with E-state index in [9.17, 15) is 18.8 Å². The van der Waals surface area contributed by atoms with Gasteiger partial charge in [0, 0.05) is 26.6 Å². The van der Waals surface area contributed by atoms with Gasteiger partial charge in [-0.1, -0.05) is 12.1 Å². The number of carbonyl (C=O) groups excluding carboxylic acids is 3. The molecule has 0 aromatic heterocycles. The van der Waals surface area contributed by atoms with Crippen molar-refractivity contribution < 1.29 is 23.5 Å². The Morgan fingerprint density at radius 1 is 1.12 bits per heavy atom. The van der Waals surface area contributed by atoms with E-state index in [-0.39, 0.29) is 24.2 Å². The van der Waals surface area contributed by atoms with Crippen LogP contribution in [0.2, 0.25) is 0 Å². The fourth-order valence-electron chi connectivity index (χ4n) is 3.91. The van der Waals surface area contributed by atoms with E-state index in [4.69, 9.17) is 4.74 Å². The van der Waals surface area contributed by atoms with Crippen LogP contribution in [0, 0.1) is 5.82 Å². The second-order valence-electron chi connectivity index (χ2n) is 6.50. The highest BCUT2D eigenvalue weighted by Gasteiger charge is 2.55. The summed E-state index contributed by atoms with van der Waals surface area (Å²) in [4.78, 5) is 41.9. The number of benzene rings is 1. The highest BCUT2D eigenvalue weighted by Crippen LogP contribution is 2.34. The lowest BCUT2D eigenvalue weighted by atomic mass is 10.1. The molecule has 0 saturated carbocycles. The van der Waals surface area contributed by atoms with E-state index in [0.29, 0.717) is 19.4 Å². The Labute approximate surface area is 143 Å². The lowest BCUT2D eigenvalue weighted by Crippen LogP contribution is -2.47. The Morgan fingerprint density at radius 2 is 1.88 bits per heavy atom. The van der Waals surface area contributed by atoms with Crippen molar-refractivity contribution in [1.82, 2.24) is 9.80 Å². The van der Waals surface area contributed by atoms with Crippen molar-refractivity contribution in [2.24, 2.45) is 0 Å². The Bertz CT molecular complexity index is 731. The van der Waals surface area contributed by atoms with Gasteiger partial charge in [0.15, 0.2) is 0 Å². The third kappa shape index (κ3) is 2.31. The van der Waals surface area contributed by atoms with E-state index in [1.807, 2.05) is 0 Å². The fourth-order valence-corrected chi connectivity index (χ4v) is 3.91. The van der Waals surface area contributed by atoms with Gasteiger partial charge in [-0.2, -0.15) is 0 Å². The van der Waals surface area contributed by atoms with Gasteiger partial charge in [0.1, 0.15) is 17.9 Å². The number of urea groups is 1. The molecule has 1 aromatic rings. The van der Waals surface area contributed by atoms with Gasteiger partial charge in [-0.3, -0.25) is 9.59 Å². The molecule has 4 rings (SSSR count). The number of para-hydroxylation sites is 1. The van der Waals surface area contributed by atoms with E-state index in [1.165, 1.54) is 21.9 Å². The molecule has 3 saturated heterocycles. The molecule has 0 spiro atoms. The van der Waals surface area contributed by atoms with Crippen molar-refractivity contribution in [3.8, 4) is 0 Å². The van der Waals surface area contributed by atoms with Crippen molar-refractivity contribution in [2.45, 2.75) is 31.0 Å². The molecule has 0 unspecified atom stereocenters. The first-order chi connectivity index (χ1) is 12.0. The van der Waals surface area contributed by atoms with Crippen LogP contribution < -0.4 is 4.90 Å². The number of hydrogen-bond donors (Lipinski definition) is 0. The molecule has 3 heterocycles. The summed E-state index contributed by atoms with van der Waals surface area (Å²) in [6.45, 7) is 0.618. The van der Waals surface area contributed by atoms with Gasteiger partial charge in [-0.05, 0) is 18.6 Å². The number of carbonyl (C=O) groups is 3. The molecular weight excluding hydrogens is 329 g/mol. The van der Waals surface area contributed by atoms with Crippen molar-refractivity contribution in [3.05, 3.63) is 30.1 Å². The summed E-state index contributed by atoms with van der Waals surface area (Å²) in [5.74, 6) is -1.28. The van der Waals surface area contributed by atoms with Crippen molar-refractivity contribution >= 4 is 23.5 Å². The van der Waals surface area contributed by atoms with Gasteiger partial charge in [0.25, 0.3) is 11.8 Å². The molecule has 3 aliphatic heterocycles. The summed E-state index contributed by atoms with van der Waals surface area (Å²) in [6, 6.07) is 4.10. The molecular formula is C17H18FN3O4. The first kappa shape index (κ1) is 16.0. The number of imide groups is 1. The van der Waals surface area contributed by atoms with Gasteiger partial charge in [0.2, 0.25) is 0 Å². The van der Waals surface area contributed by atoms with Crippen LogP contribution in [-0.2, 0) is 14.3 Å². The summed E-state index contributed by atoms with van der Waals surface area (Å²) < 4.78 is 19.2. The number of anilines is 1. The van der Waals surface area contributed by atoms with Gasteiger partial charge in [0.05, 0.1) is 11.8 Å². The maximum absolute atomic E-state index is 14.0. The second kappa shape index (κ2) is 5.80. The van der Waals surface area contributed by atoms with Gasteiger partial charge >= 0.3 is 6.03 Å². The number of ether oxygens (including phenoxy) is 1. The molecule has 1 aromatic carbocycles. The number of fused-ring (bicyclic) bond motifs is 1. The number of halogens is 1. The highest BCUT2D eigenvalue weighted by molar-refractivity contribution is 6.11. The molecule has 0 N–H and O–H groups in total. The molecule has 0 bridgehead atoms. The fraction of sp³-hybridized carbons (Fsp3) is 0.471. The molecule has 8 heteroatoms. The quantitative estimate of drug-likeness (QED) is 0.765. The SMILES string of the molecule is CO[C@@H]1C[C@H]2C(=O)N([C@H]3CCN(c4ccccc4F)C3=O)C(=O)N2C1. The normalized spacial score (nSPS) is 29.1. The lowest BCUT2D eigenvalue weighted by molar-refractivity contribution is -0.134.